The summed E-state index contributed by atoms with van der Waals surface area (Å²) in [4.78, 5) is 9.32. The van der Waals surface area contributed by atoms with Gasteiger partial charge in [0.05, 0.1) is 10.6 Å². The van der Waals surface area contributed by atoms with Gasteiger partial charge in [0.2, 0.25) is 0 Å². The number of nitro groups is 1. The largest absolute Gasteiger partial charge is 1.00 e. The van der Waals surface area contributed by atoms with Crippen molar-refractivity contribution >= 4 is 48.7 Å². The second-order valence-corrected chi connectivity index (χ2v) is 7.86. The number of phenolic OH excluding ortho intramolecular Hbond substituents is 2. The molecule has 156 valence electrons. The predicted octanol–water partition coefficient (Wildman–Crippen LogP) is 1.64. The summed E-state index contributed by atoms with van der Waals surface area (Å²) in [5, 5.41) is 40.6. The third kappa shape index (κ3) is 4.29. The summed E-state index contributed by atoms with van der Waals surface area (Å²) >= 11 is 0. The molecule has 4 aromatic carbocycles. The molecule has 0 spiro atoms. The Bertz CT molecular complexity index is 1520. The molecule has 12 heteroatoms. The summed E-state index contributed by atoms with van der Waals surface area (Å²) in [5.41, 5.74) is -0.422. The molecule has 0 heterocycles. The van der Waals surface area contributed by atoms with E-state index < -0.39 is 31.4 Å². The Labute approximate surface area is 203 Å². The molecule has 4 aromatic rings. The topological polar surface area (TPSA) is 166 Å². The number of nitrogens with zero attached hydrogens (tertiary/aromatic N) is 3. The first kappa shape index (κ1) is 23.6. The number of benzene rings is 4. The number of hydrogen-bond donors (Lipinski definition) is 2. The normalized spacial score (nSPS) is 11.7. The number of rotatable bonds is 4. The minimum atomic E-state index is -5.15. The Hall–Kier alpha value is -3.09. The smallest absolute Gasteiger partial charge is 0.744 e. The minimum Gasteiger partial charge on any atom is -0.744 e. The maximum absolute atomic E-state index is 11.6. The van der Waals surface area contributed by atoms with Gasteiger partial charge in [-0.3, -0.25) is 10.1 Å². The molecule has 0 radical (unpaired) electrons. The number of fused-ring (bicyclic) bond motifs is 2. The fourth-order valence-electron chi connectivity index (χ4n) is 3.25. The number of phenols is 2. The van der Waals surface area contributed by atoms with Gasteiger partial charge in [-0.05, 0) is 17.5 Å². The van der Waals surface area contributed by atoms with Gasteiger partial charge in [0.1, 0.15) is 26.5 Å². The monoisotopic (exact) mass is 461 g/mol. The number of azo groups is 1. The fraction of sp³-hybridized carbons (Fsp3) is 0. The van der Waals surface area contributed by atoms with Crippen molar-refractivity contribution in [2.75, 3.05) is 0 Å². The van der Waals surface area contributed by atoms with Gasteiger partial charge in [0.25, 0.3) is 5.69 Å². The Balaban J connectivity index is 0.00000289. The van der Waals surface area contributed by atoms with E-state index in [1.165, 1.54) is 12.1 Å². The van der Waals surface area contributed by atoms with E-state index in [0.717, 1.165) is 23.6 Å². The third-order valence-corrected chi connectivity index (χ3v) is 5.56. The van der Waals surface area contributed by atoms with Crippen LogP contribution in [0.2, 0.25) is 0 Å². The van der Waals surface area contributed by atoms with Crippen LogP contribution in [0, 0.1) is 10.1 Å². The third-order valence-electron chi connectivity index (χ3n) is 4.64. The van der Waals surface area contributed by atoms with Crippen molar-refractivity contribution in [1.82, 2.24) is 0 Å². The van der Waals surface area contributed by atoms with Crippen molar-refractivity contribution in [3.05, 3.63) is 70.8 Å². The molecule has 0 saturated carbocycles. The van der Waals surface area contributed by atoms with E-state index in [-0.39, 0.29) is 57.5 Å². The van der Waals surface area contributed by atoms with Crippen LogP contribution in [-0.2, 0) is 10.1 Å². The van der Waals surface area contributed by atoms with Crippen LogP contribution in [-0.4, -0.2) is 28.1 Å². The fourth-order valence-corrected chi connectivity index (χ4v) is 4.00. The molecular formula is C20H12N3NaO7S. The summed E-state index contributed by atoms with van der Waals surface area (Å²) in [6.45, 7) is 0. The van der Waals surface area contributed by atoms with Gasteiger partial charge >= 0.3 is 29.6 Å². The zero-order chi connectivity index (χ0) is 22.3. The summed E-state index contributed by atoms with van der Waals surface area (Å²) in [5.74, 6) is -1.05. The van der Waals surface area contributed by atoms with Gasteiger partial charge in [-0.2, -0.15) is 0 Å². The Morgan fingerprint density at radius 2 is 1.53 bits per heavy atom. The maximum Gasteiger partial charge on any atom is 1.00 e. The molecule has 0 fully saturated rings. The summed E-state index contributed by atoms with van der Waals surface area (Å²) in [7, 11) is -5.15. The zero-order valence-electron chi connectivity index (χ0n) is 16.5. The molecule has 0 unspecified atom stereocenters. The van der Waals surface area contributed by atoms with Gasteiger partial charge < -0.3 is 14.8 Å². The summed E-state index contributed by atoms with van der Waals surface area (Å²) in [6, 6.07) is 14.4. The van der Waals surface area contributed by atoms with Crippen LogP contribution in [0.4, 0.5) is 17.1 Å². The molecule has 0 amide bonds. The number of hydrogen-bond acceptors (Lipinski definition) is 9. The minimum absolute atomic E-state index is 0. The molecule has 0 aliphatic heterocycles. The van der Waals surface area contributed by atoms with Gasteiger partial charge in [-0.25, -0.2) is 8.42 Å². The van der Waals surface area contributed by atoms with Gasteiger partial charge in [-0.15, -0.1) is 10.2 Å². The first-order valence-corrected chi connectivity index (χ1v) is 10.1. The van der Waals surface area contributed by atoms with E-state index in [4.69, 9.17) is 0 Å². The van der Waals surface area contributed by atoms with Crippen LogP contribution in [0.25, 0.3) is 21.5 Å². The van der Waals surface area contributed by atoms with Crippen molar-refractivity contribution in [3.8, 4) is 11.5 Å². The van der Waals surface area contributed by atoms with E-state index in [0.29, 0.717) is 5.39 Å². The van der Waals surface area contributed by atoms with Crippen molar-refractivity contribution in [1.29, 1.82) is 0 Å². The first-order valence-electron chi connectivity index (χ1n) is 8.69. The molecule has 0 atom stereocenters. The van der Waals surface area contributed by atoms with Crippen LogP contribution < -0.4 is 29.6 Å². The molecule has 2 N–H and O–H groups in total. The molecule has 32 heavy (non-hydrogen) atoms. The van der Waals surface area contributed by atoms with Crippen LogP contribution in [0.5, 0.6) is 11.5 Å². The molecule has 10 nitrogen and oxygen atoms in total. The van der Waals surface area contributed by atoms with Crippen molar-refractivity contribution in [3.63, 3.8) is 0 Å². The van der Waals surface area contributed by atoms with Gasteiger partial charge in [0.15, 0.2) is 5.75 Å². The van der Waals surface area contributed by atoms with Crippen LogP contribution in [0.3, 0.4) is 0 Å². The predicted molar refractivity (Wildman–Crippen MR) is 110 cm³/mol. The SMILES string of the molecule is O=[N+]([O-])c1ccc2c(N=Nc3ccc4ccccc4c3O)cc(O)c(S(=O)(=O)[O-])c2c1.[Na+]. The molecule has 0 bridgehead atoms. The van der Waals surface area contributed by atoms with Gasteiger partial charge in [-0.1, -0.05) is 30.3 Å². The van der Waals surface area contributed by atoms with Crippen molar-refractivity contribution in [2.45, 2.75) is 4.90 Å². The molecule has 0 aliphatic carbocycles. The average Bonchev–Trinajstić information content (AvgIpc) is 2.71. The van der Waals surface area contributed by atoms with E-state index in [1.807, 2.05) is 6.07 Å². The quantitative estimate of drug-likeness (QED) is 0.153. The average molecular weight is 461 g/mol. The van der Waals surface area contributed by atoms with Crippen LogP contribution in [0.1, 0.15) is 0 Å². The van der Waals surface area contributed by atoms with Crippen LogP contribution in [0.15, 0.2) is 75.8 Å². The van der Waals surface area contributed by atoms with Gasteiger partial charge in [0, 0.05) is 34.4 Å². The van der Waals surface area contributed by atoms with E-state index >= 15 is 0 Å². The molecule has 0 saturated heterocycles. The molecule has 0 aliphatic rings. The van der Waals surface area contributed by atoms with E-state index in [9.17, 15) is 33.3 Å². The number of aromatic hydroxyl groups is 2. The van der Waals surface area contributed by atoms with Crippen molar-refractivity contribution < 1.29 is 57.7 Å². The first-order chi connectivity index (χ1) is 14.7. The molecule has 4 rings (SSSR count). The Kier molecular flexibility index (Phi) is 6.49. The Morgan fingerprint density at radius 1 is 0.844 bits per heavy atom. The molecular weight excluding hydrogens is 449 g/mol. The van der Waals surface area contributed by atoms with E-state index in [1.54, 1.807) is 24.3 Å². The second kappa shape index (κ2) is 8.81. The van der Waals surface area contributed by atoms with Crippen LogP contribution >= 0.6 is 0 Å². The zero-order valence-corrected chi connectivity index (χ0v) is 19.3. The molecule has 0 aromatic heterocycles. The number of nitro benzene ring substituents is 1. The maximum atomic E-state index is 11.6. The summed E-state index contributed by atoms with van der Waals surface area (Å²) in [6.07, 6.45) is 0. The Morgan fingerprint density at radius 3 is 2.22 bits per heavy atom. The number of non-ortho nitro benzene ring substituents is 1. The summed E-state index contributed by atoms with van der Waals surface area (Å²) < 4.78 is 34.9. The van der Waals surface area contributed by atoms with E-state index in [2.05, 4.69) is 10.2 Å². The standard InChI is InChI=1S/C20H13N3O7S.Na/c24-18-10-17(22-21-16-8-5-11-3-1-2-4-13(11)19(16)25)14-7-6-12(23(26)27)9-15(14)20(18)31(28,29)30;/h1-10,24-25H,(H,28,29,30);/q;+1/p-1. The van der Waals surface area contributed by atoms with Crippen molar-refractivity contribution in [2.24, 2.45) is 10.2 Å². The second-order valence-electron chi connectivity index (χ2n) is 6.54.